The Balaban J connectivity index is 1.03. The van der Waals surface area contributed by atoms with Crippen molar-refractivity contribution in [2.45, 2.75) is 97.8 Å². The summed E-state index contributed by atoms with van der Waals surface area (Å²) in [4.78, 5) is 9.94. The molecule has 3 heterocycles. The van der Waals surface area contributed by atoms with Crippen LogP contribution in [0.15, 0.2) is 164 Å². The monoisotopic (exact) mass is 866 g/mol. The highest BCUT2D eigenvalue weighted by Gasteiger charge is 2.31. The predicted molar refractivity (Wildman–Crippen MR) is 279 cm³/mol. The van der Waals surface area contributed by atoms with Gasteiger partial charge in [-0.3, -0.25) is 4.57 Å². The summed E-state index contributed by atoms with van der Waals surface area (Å²) >= 11 is 0. The zero-order valence-corrected chi connectivity index (χ0v) is 40.5. The minimum atomic E-state index is -0.283. The lowest BCUT2D eigenvalue weighted by atomic mass is 9.76. The van der Waals surface area contributed by atoms with Crippen molar-refractivity contribution in [3.05, 3.63) is 192 Å². The van der Waals surface area contributed by atoms with Crippen molar-refractivity contribution in [2.24, 2.45) is 0 Å². The largest absolute Gasteiger partial charge is 0.457 e. The van der Waals surface area contributed by atoms with E-state index in [1.807, 2.05) is 6.20 Å². The number of hydrogen-bond donors (Lipinski definition) is 0. The number of para-hydroxylation sites is 2. The molecular formula is C61H62N4O. The molecule has 0 saturated carbocycles. The fourth-order valence-corrected chi connectivity index (χ4v) is 9.77. The van der Waals surface area contributed by atoms with Crippen molar-refractivity contribution < 1.29 is 4.74 Å². The van der Waals surface area contributed by atoms with Crippen LogP contribution in [0, 0.1) is 0 Å². The van der Waals surface area contributed by atoms with Crippen LogP contribution < -0.4 is 14.5 Å². The number of rotatable bonds is 7. The van der Waals surface area contributed by atoms with E-state index in [1.54, 1.807) is 0 Å². The first-order valence-corrected chi connectivity index (χ1v) is 23.5. The molecule has 5 nitrogen and oxygen atoms in total. The fraction of sp³-hybridized carbons (Fsp3) is 0.262. The Hall–Kier alpha value is -6.85. The lowest BCUT2D eigenvalue weighted by Gasteiger charge is -2.29. The molecule has 0 aliphatic carbocycles. The topological polar surface area (TPSA) is 33.5 Å². The van der Waals surface area contributed by atoms with Crippen LogP contribution in [0.4, 0.5) is 22.7 Å². The van der Waals surface area contributed by atoms with Crippen LogP contribution in [0.1, 0.15) is 104 Å². The first-order valence-electron chi connectivity index (χ1n) is 23.5. The van der Waals surface area contributed by atoms with Crippen LogP contribution in [-0.2, 0) is 21.7 Å². The Morgan fingerprint density at radius 3 is 1.79 bits per heavy atom. The number of ether oxygens (including phenoxy) is 1. The average Bonchev–Trinajstić information content (AvgIpc) is 3.84. The number of aromatic nitrogens is 2. The van der Waals surface area contributed by atoms with E-state index in [-0.39, 0.29) is 21.7 Å². The van der Waals surface area contributed by atoms with Gasteiger partial charge in [0.1, 0.15) is 24.0 Å². The van der Waals surface area contributed by atoms with Gasteiger partial charge in [-0.2, -0.15) is 0 Å². The molecule has 0 fully saturated rings. The molecule has 0 N–H and O–H groups in total. The number of anilines is 4. The number of fused-ring (bicyclic) bond motifs is 5. The molecule has 332 valence electrons. The molecule has 0 spiro atoms. The molecule has 0 atom stereocenters. The smallest absolute Gasteiger partial charge is 0.137 e. The summed E-state index contributed by atoms with van der Waals surface area (Å²) in [7, 11) is 0. The van der Waals surface area contributed by atoms with Crippen molar-refractivity contribution in [1.29, 1.82) is 0 Å². The second-order valence-electron chi connectivity index (χ2n) is 21.9. The summed E-state index contributed by atoms with van der Waals surface area (Å²) in [6.07, 6.45) is 1.97. The Labute approximate surface area is 391 Å². The van der Waals surface area contributed by atoms with Crippen molar-refractivity contribution in [2.75, 3.05) is 16.5 Å². The van der Waals surface area contributed by atoms with Crippen LogP contribution in [0.25, 0.3) is 38.4 Å². The highest BCUT2D eigenvalue weighted by atomic mass is 16.5. The molecule has 0 bridgehead atoms. The van der Waals surface area contributed by atoms with Gasteiger partial charge in [0, 0.05) is 45.9 Å². The van der Waals surface area contributed by atoms with Crippen LogP contribution in [0.5, 0.6) is 11.5 Å². The summed E-state index contributed by atoms with van der Waals surface area (Å²) in [6, 6.07) is 57.6. The second kappa shape index (κ2) is 15.7. The molecule has 0 radical (unpaired) electrons. The highest BCUT2D eigenvalue weighted by molar-refractivity contribution is 6.10. The van der Waals surface area contributed by atoms with Crippen LogP contribution in [0.2, 0.25) is 0 Å². The van der Waals surface area contributed by atoms with E-state index in [0.29, 0.717) is 6.67 Å². The summed E-state index contributed by atoms with van der Waals surface area (Å²) < 4.78 is 9.18. The Bertz CT molecular complexity index is 3280. The quantitative estimate of drug-likeness (QED) is 0.160. The molecule has 0 unspecified atom stereocenters. The lowest BCUT2D eigenvalue weighted by molar-refractivity contribution is 0.483. The van der Waals surface area contributed by atoms with Gasteiger partial charge in [-0.05, 0) is 128 Å². The predicted octanol–water partition coefficient (Wildman–Crippen LogP) is 16.6. The van der Waals surface area contributed by atoms with Crippen LogP contribution >= 0.6 is 0 Å². The van der Waals surface area contributed by atoms with Crippen LogP contribution in [-0.4, -0.2) is 16.2 Å². The molecule has 7 aromatic carbocycles. The zero-order valence-electron chi connectivity index (χ0n) is 40.5. The molecule has 0 saturated heterocycles. The third kappa shape index (κ3) is 7.68. The number of hydrogen-bond acceptors (Lipinski definition) is 4. The van der Waals surface area contributed by atoms with Crippen molar-refractivity contribution in [3.63, 3.8) is 0 Å². The fourth-order valence-electron chi connectivity index (χ4n) is 9.77. The van der Waals surface area contributed by atoms with Crippen molar-refractivity contribution in [3.8, 4) is 17.3 Å². The summed E-state index contributed by atoms with van der Waals surface area (Å²) in [5.41, 5.74) is 13.0. The van der Waals surface area contributed by atoms with Gasteiger partial charge in [0.05, 0.1) is 22.4 Å². The summed E-state index contributed by atoms with van der Waals surface area (Å²) in [6.45, 7) is 26.0. The van der Waals surface area contributed by atoms with Crippen molar-refractivity contribution >= 4 is 55.3 Å². The standard InChI is InChI=1S/C61H62N4O/c1-58(2,3)41-26-29-53-51(35-41)50-28-27-48(38-56(50)65(53)57-36-42(30-31-62-57)61(10,11)52-23-16-19-40-18-12-13-22-49(40)52)66-47-21-17-20-45(37-47)63-39-64(55-25-15-14-24-54(55)63)46-33-43(59(4,5)6)32-44(34-46)60(7,8)9/h12-38H,39H2,1-11H3. The Morgan fingerprint density at radius 1 is 0.439 bits per heavy atom. The highest BCUT2D eigenvalue weighted by Crippen LogP contribution is 2.47. The third-order valence-electron chi connectivity index (χ3n) is 13.8. The molecule has 9 aromatic rings. The number of pyridine rings is 1. The lowest BCUT2D eigenvalue weighted by Crippen LogP contribution is -2.25. The number of nitrogens with zero attached hydrogens (tertiary/aromatic N) is 4. The Kier molecular flexibility index (Phi) is 10.2. The van der Waals surface area contributed by atoms with Crippen molar-refractivity contribution in [1.82, 2.24) is 9.55 Å². The van der Waals surface area contributed by atoms with E-state index in [9.17, 15) is 0 Å². The first-order chi connectivity index (χ1) is 31.3. The maximum Gasteiger partial charge on any atom is 0.137 e. The molecule has 1 aliphatic heterocycles. The molecule has 2 aromatic heterocycles. The average molecular weight is 867 g/mol. The van der Waals surface area contributed by atoms with Gasteiger partial charge in [-0.25, -0.2) is 4.98 Å². The van der Waals surface area contributed by atoms with Gasteiger partial charge < -0.3 is 14.5 Å². The number of benzene rings is 7. The summed E-state index contributed by atoms with van der Waals surface area (Å²) in [5, 5.41) is 4.88. The summed E-state index contributed by atoms with van der Waals surface area (Å²) in [5.74, 6) is 2.43. The van der Waals surface area contributed by atoms with E-state index in [2.05, 4.69) is 248 Å². The Morgan fingerprint density at radius 2 is 1.08 bits per heavy atom. The maximum atomic E-state index is 6.86. The molecule has 0 amide bonds. The van der Waals surface area contributed by atoms with Gasteiger partial charge in [-0.1, -0.05) is 149 Å². The second-order valence-corrected chi connectivity index (χ2v) is 21.9. The molecule has 10 rings (SSSR count). The maximum absolute atomic E-state index is 6.86. The normalized spacial score (nSPS) is 13.6. The van der Waals surface area contributed by atoms with Gasteiger partial charge in [0.25, 0.3) is 0 Å². The van der Waals surface area contributed by atoms with E-state index in [0.717, 1.165) is 39.4 Å². The zero-order chi connectivity index (χ0) is 46.3. The third-order valence-corrected chi connectivity index (χ3v) is 13.8. The van der Waals surface area contributed by atoms with Crippen LogP contribution in [0.3, 0.4) is 0 Å². The van der Waals surface area contributed by atoms with E-state index in [4.69, 9.17) is 9.72 Å². The van der Waals surface area contributed by atoms with Gasteiger partial charge in [0.15, 0.2) is 0 Å². The SMILES string of the molecule is CC(C)(C)c1cc(N2CN(c3cccc(Oc4ccc5c6cc(C(C)(C)C)ccc6n(-c6cc(C(C)(C)c7cccc8ccccc78)ccn6)c5c4)c3)c3ccccc32)cc(C(C)(C)C)c1. The molecular weight excluding hydrogens is 805 g/mol. The van der Waals surface area contributed by atoms with E-state index in [1.165, 1.54) is 61.0 Å². The molecule has 66 heavy (non-hydrogen) atoms. The van der Waals surface area contributed by atoms with E-state index >= 15 is 0 Å². The minimum absolute atomic E-state index is 0.00392. The van der Waals surface area contributed by atoms with E-state index < -0.39 is 0 Å². The molecule has 5 heteroatoms. The molecule has 1 aliphatic rings. The van der Waals surface area contributed by atoms with Gasteiger partial charge in [-0.15, -0.1) is 0 Å². The first kappa shape index (κ1) is 43.1. The van der Waals surface area contributed by atoms with Gasteiger partial charge >= 0.3 is 0 Å². The van der Waals surface area contributed by atoms with Gasteiger partial charge in [0.2, 0.25) is 0 Å². The minimum Gasteiger partial charge on any atom is -0.457 e.